The van der Waals surface area contributed by atoms with Gasteiger partial charge in [-0.2, -0.15) is 0 Å². The van der Waals surface area contributed by atoms with Crippen LogP contribution in [0.4, 0.5) is 4.79 Å². The van der Waals surface area contributed by atoms with Crippen molar-refractivity contribution in [3.63, 3.8) is 0 Å². The first-order chi connectivity index (χ1) is 9.20. The molecular formula is C14H27N3O3. The number of carbonyl (C=O) groups excluding carboxylic acids is 2. The zero-order valence-corrected chi connectivity index (χ0v) is 12.9. The molecule has 2 atom stereocenters. The molecule has 0 aromatic carbocycles. The minimum absolute atomic E-state index is 0.00904. The second-order valence-corrected chi connectivity index (χ2v) is 6.35. The molecule has 0 aromatic rings. The SMILES string of the molecule is C[C@H](N)C(=O)N1CCCC[C@H]1CNC(=O)OC(C)(C)C. The summed E-state index contributed by atoms with van der Waals surface area (Å²) in [6.07, 6.45) is 2.48. The van der Waals surface area contributed by atoms with Crippen molar-refractivity contribution < 1.29 is 14.3 Å². The first kappa shape index (κ1) is 16.8. The van der Waals surface area contributed by atoms with E-state index in [4.69, 9.17) is 10.5 Å². The molecule has 20 heavy (non-hydrogen) atoms. The number of nitrogens with two attached hydrogens (primary N) is 1. The third-order valence-corrected chi connectivity index (χ3v) is 3.18. The summed E-state index contributed by atoms with van der Waals surface area (Å²) in [5.74, 6) is -0.0549. The molecule has 0 aromatic heterocycles. The van der Waals surface area contributed by atoms with E-state index < -0.39 is 17.7 Å². The van der Waals surface area contributed by atoms with Gasteiger partial charge in [-0.1, -0.05) is 0 Å². The van der Waals surface area contributed by atoms with Crippen LogP contribution in [0.3, 0.4) is 0 Å². The van der Waals surface area contributed by atoms with E-state index in [1.165, 1.54) is 0 Å². The van der Waals surface area contributed by atoms with E-state index in [9.17, 15) is 9.59 Å². The first-order valence-electron chi connectivity index (χ1n) is 7.23. The standard InChI is InChI=1S/C14H27N3O3/c1-10(15)12(18)17-8-6-5-7-11(17)9-16-13(19)20-14(2,3)4/h10-11H,5-9,15H2,1-4H3,(H,16,19)/t10-,11-/m0/s1. The minimum Gasteiger partial charge on any atom is -0.444 e. The molecule has 116 valence electrons. The summed E-state index contributed by atoms with van der Waals surface area (Å²) in [5.41, 5.74) is 5.15. The van der Waals surface area contributed by atoms with Crippen LogP contribution < -0.4 is 11.1 Å². The van der Waals surface area contributed by atoms with Crippen LogP contribution >= 0.6 is 0 Å². The van der Waals surface area contributed by atoms with Gasteiger partial charge in [0.05, 0.1) is 6.04 Å². The highest BCUT2D eigenvalue weighted by atomic mass is 16.6. The molecule has 0 spiro atoms. The summed E-state index contributed by atoms with van der Waals surface area (Å²) in [5, 5.41) is 2.74. The van der Waals surface area contributed by atoms with Gasteiger partial charge < -0.3 is 20.7 Å². The Labute approximate surface area is 121 Å². The number of nitrogens with zero attached hydrogens (tertiary/aromatic N) is 1. The number of alkyl carbamates (subject to hydrolysis) is 1. The zero-order chi connectivity index (χ0) is 15.3. The zero-order valence-electron chi connectivity index (χ0n) is 12.9. The second kappa shape index (κ2) is 6.92. The highest BCUT2D eigenvalue weighted by Crippen LogP contribution is 2.17. The Morgan fingerprint density at radius 2 is 2.05 bits per heavy atom. The van der Waals surface area contributed by atoms with Crippen LogP contribution in [-0.4, -0.2) is 47.7 Å². The summed E-state index contributed by atoms with van der Waals surface area (Å²) >= 11 is 0. The van der Waals surface area contributed by atoms with Gasteiger partial charge in [-0.05, 0) is 47.0 Å². The van der Waals surface area contributed by atoms with Crippen molar-refractivity contribution in [3.8, 4) is 0 Å². The van der Waals surface area contributed by atoms with Gasteiger partial charge in [0.1, 0.15) is 5.60 Å². The Kier molecular flexibility index (Phi) is 5.80. The normalized spacial score (nSPS) is 21.2. The number of ether oxygens (including phenoxy) is 1. The first-order valence-corrected chi connectivity index (χ1v) is 7.23. The molecule has 0 radical (unpaired) electrons. The van der Waals surface area contributed by atoms with Crippen molar-refractivity contribution in [3.05, 3.63) is 0 Å². The summed E-state index contributed by atoms with van der Waals surface area (Å²) in [7, 11) is 0. The van der Waals surface area contributed by atoms with Gasteiger partial charge in [0.25, 0.3) is 0 Å². The van der Waals surface area contributed by atoms with Crippen LogP contribution in [0.25, 0.3) is 0 Å². The minimum atomic E-state index is -0.516. The van der Waals surface area contributed by atoms with Gasteiger partial charge in [0, 0.05) is 19.1 Å². The van der Waals surface area contributed by atoms with Crippen LogP contribution in [-0.2, 0) is 9.53 Å². The van der Waals surface area contributed by atoms with Crippen molar-refractivity contribution in [2.24, 2.45) is 5.73 Å². The van der Waals surface area contributed by atoms with E-state index in [1.807, 2.05) is 20.8 Å². The Hall–Kier alpha value is -1.30. The van der Waals surface area contributed by atoms with Gasteiger partial charge in [0.2, 0.25) is 5.91 Å². The maximum Gasteiger partial charge on any atom is 0.407 e. The number of piperidine rings is 1. The van der Waals surface area contributed by atoms with Crippen LogP contribution in [0.2, 0.25) is 0 Å². The molecular weight excluding hydrogens is 258 g/mol. The third-order valence-electron chi connectivity index (χ3n) is 3.18. The molecule has 0 bridgehead atoms. The Morgan fingerprint density at radius 3 is 2.60 bits per heavy atom. The quantitative estimate of drug-likeness (QED) is 0.817. The number of hydrogen-bond donors (Lipinski definition) is 2. The predicted octanol–water partition coefficient (Wildman–Crippen LogP) is 1.24. The number of rotatable bonds is 3. The Balaban J connectivity index is 2.51. The predicted molar refractivity (Wildman–Crippen MR) is 77.2 cm³/mol. The van der Waals surface area contributed by atoms with E-state index >= 15 is 0 Å². The second-order valence-electron chi connectivity index (χ2n) is 6.35. The average molecular weight is 285 g/mol. The van der Waals surface area contributed by atoms with Crippen molar-refractivity contribution in [1.29, 1.82) is 0 Å². The fourth-order valence-corrected chi connectivity index (χ4v) is 2.28. The fourth-order valence-electron chi connectivity index (χ4n) is 2.28. The maximum atomic E-state index is 12.0. The average Bonchev–Trinajstić information content (AvgIpc) is 2.33. The molecule has 0 aliphatic carbocycles. The summed E-state index contributed by atoms with van der Waals surface area (Å²) < 4.78 is 5.19. The van der Waals surface area contributed by atoms with Crippen LogP contribution in [0.1, 0.15) is 47.0 Å². The lowest BCUT2D eigenvalue weighted by Gasteiger charge is -2.37. The van der Waals surface area contributed by atoms with Crippen LogP contribution in [0.15, 0.2) is 0 Å². The third kappa shape index (κ3) is 5.36. The van der Waals surface area contributed by atoms with E-state index in [0.29, 0.717) is 13.1 Å². The number of nitrogens with one attached hydrogen (secondary N) is 1. The van der Waals surface area contributed by atoms with Crippen molar-refractivity contribution in [1.82, 2.24) is 10.2 Å². The lowest BCUT2D eigenvalue weighted by atomic mass is 10.0. The Morgan fingerprint density at radius 1 is 1.40 bits per heavy atom. The van der Waals surface area contributed by atoms with Gasteiger partial charge >= 0.3 is 6.09 Å². The molecule has 0 saturated carbocycles. The van der Waals surface area contributed by atoms with Gasteiger partial charge in [-0.25, -0.2) is 4.79 Å². The monoisotopic (exact) mass is 285 g/mol. The molecule has 3 N–H and O–H groups in total. The van der Waals surface area contributed by atoms with Crippen LogP contribution in [0.5, 0.6) is 0 Å². The van der Waals surface area contributed by atoms with Gasteiger partial charge in [-0.15, -0.1) is 0 Å². The van der Waals surface area contributed by atoms with Crippen molar-refractivity contribution in [2.75, 3.05) is 13.1 Å². The molecule has 1 aliphatic heterocycles. The molecule has 0 unspecified atom stereocenters. The van der Waals surface area contributed by atoms with Crippen molar-refractivity contribution >= 4 is 12.0 Å². The highest BCUT2D eigenvalue weighted by molar-refractivity contribution is 5.81. The van der Waals surface area contributed by atoms with E-state index in [0.717, 1.165) is 19.3 Å². The molecule has 1 aliphatic rings. The lowest BCUT2D eigenvalue weighted by molar-refractivity contribution is -0.135. The molecule has 6 heteroatoms. The lowest BCUT2D eigenvalue weighted by Crippen LogP contribution is -2.53. The largest absolute Gasteiger partial charge is 0.444 e. The number of amides is 2. The molecule has 1 saturated heterocycles. The Bertz CT molecular complexity index is 350. The maximum absolute atomic E-state index is 12.0. The summed E-state index contributed by atoms with van der Waals surface area (Å²) in [6, 6.07) is -0.494. The summed E-state index contributed by atoms with van der Waals surface area (Å²) in [6.45, 7) is 8.26. The van der Waals surface area contributed by atoms with Gasteiger partial charge in [-0.3, -0.25) is 4.79 Å². The van der Waals surface area contributed by atoms with E-state index in [2.05, 4.69) is 5.32 Å². The number of carbonyl (C=O) groups is 2. The smallest absolute Gasteiger partial charge is 0.407 e. The van der Waals surface area contributed by atoms with Gasteiger partial charge in [0.15, 0.2) is 0 Å². The van der Waals surface area contributed by atoms with Crippen LogP contribution in [0, 0.1) is 0 Å². The molecule has 2 amide bonds. The molecule has 6 nitrogen and oxygen atoms in total. The summed E-state index contributed by atoms with van der Waals surface area (Å²) in [4.78, 5) is 25.5. The van der Waals surface area contributed by atoms with E-state index in [-0.39, 0.29) is 11.9 Å². The van der Waals surface area contributed by atoms with Crippen molar-refractivity contribution in [2.45, 2.75) is 64.6 Å². The molecule has 1 heterocycles. The highest BCUT2D eigenvalue weighted by Gasteiger charge is 2.29. The van der Waals surface area contributed by atoms with E-state index in [1.54, 1.807) is 11.8 Å². The fraction of sp³-hybridized carbons (Fsp3) is 0.857. The number of likely N-dealkylation sites (tertiary alicyclic amines) is 1. The number of hydrogen-bond acceptors (Lipinski definition) is 4. The molecule has 1 fully saturated rings. The topological polar surface area (TPSA) is 84.7 Å². The molecule has 1 rings (SSSR count).